The minimum Gasteiger partial charge on any atom is -0.457 e. The number of benzene rings is 2. The number of amides is 1. The maximum atomic E-state index is 14.9. The molecule has 43 heavy (non-hydrogen) atoms. The number of halogens is 5. The first-order valence-electron chi connectivity index (χ1n) is 13.1. The number of thiazole rings is 1. The summed E-state index contributed by atoms with van der Waals surface area (Å²) >= 11 is 1.24. The molecule has 14 heteroatoms. The summed E-state index contributed by atoms with van der Waals surface area (Å²) in [6.45, 7) is 1.57. The summed E-state index contributed by atoms with van der Waals surface area (Å²) in [4.78, 5) is 21.5. The van der Waals surface area contributed by atoms with Gasteiger partial charge < -0.3 is 19.9 Å². The van der Waals surface area contributed by atoms with Gasteiger partial charge in [0.05, 0.1) is 23.8 Å². The first kappa shape index (κ1) is 34.0. The van der Waals surface area contributed by atoms with E-state index in [2.05, 4.69) is 20.5 Å². The van der Waals surface area contributed by atoms with Gasteiger partial charge >= 0.3 is 6.18 Å². The Morgan fingerprint density at radius 1 is 1.12 bits per heavy atom. The number of anilines is 2. The van der Waals surface area contributed by atoms with E-state index in [9.17, 15) is 18.0 Å². The Hall–Kier alpha value is -3.45. The van der Waals surface area contributed by atoms with Crippen molar-refractivity contribution in [3.8, 4) is 22.1 Å². The highest BCUT2D eigenvalue weighted by molar-refractivity contribution is 7.13. The lowest BCUT2D eigenvalue weighted by atomic mass is 9.95. The second-order valence-corrected chi connectivity index (χ2v) is 10.9. The van der Waals surface area contributed by atoms with Gasteiger partial charge in [0.15, 0.2) is 0 Å². The number of carbonyl (C=O) groups is 1. The van der Waals surface area contributed by atoms with E-state index < -0.39 is 17.6 Å². The summed E-state index contributed by atoms with van der Waals surface area (Å²) in [5, 5.41) is 12.4. The van der Waals surface area contributed by atoms with Gasteiger partial charge in [-0.3, -0.25) is 4.79 Å². The molecule has 1 saturated heterocycles. The minimum atomic E-state index is -4.75. The molecule has 1 fully saturated rings. The number of ether oxygens (including phenoxy) is 1. The maximum Gasteiger partial charge on any atom is 0.422 e. The number of piperidine rings is 1. The van der Waals surface area contributed by atoms with Crippen LogP contribution in [0.15, 0.2) is 66.3 Å². The molecule has 0 spiro atoms. The lowest BCUT2D eigenvalue weighted by molar-refractivity contribution is -0.138. The molecule has 1 N–H and O–H groups in total. The molecule has 1 atom stereocenters. The molecule has 0 radical (unpaired) electrons. The highest BCUT2D eigenvalue weighted by Gasteiger charge is 2.41. The molecule has 0 aliphatic carbocycles. The van der Waals surface area contributed by atoms with Crippen LogP contribution in [0.2, 0.25) is 0 Å². The summed E-state index contributed by atoms with van der Waals surface area (Å²) in [6.07, 6.45) is -0.0779. The molecular formula is C29H31Cl2F3N6O2S. The van der Waals surface area contributed by atoms with Gasteiger partial charge in [0, 0.05) is 30.6 Å². The van der Waals surface area contributed by atoms with Crippen molar-refractivity contribution in [2.45, 2.75) is 19.0 Å². The molecule has 1 aliphatic heterocycles. The lowest BCUT2D eigenvalue weighted by Crippen LogP contribution is -2.40. The lowest BCUT2D eigenvalue weighted by Gasteiger charge is -2.38. The van der Waals surface area contributed by atoms with Crippen LogP contribution in [-0.2, 0) is 6.18 Å². The fourth-order valence-corrected chi connectivity index (χ4v) is 5.82. The van der Waals surface area contributed by atoms with E-state index in [1.165, 1.54) is 35.9 Å². The van der Waals surface area contributed by atoms with Crippen LogP contribution >= 0.6 is 36.2 Å². The highest BCUT2D eigenvalue weighted by Crippen LogP contribution is 2.48. The monoisotopic (exact) mass is 654 g/mol. The van der Waals surface area contributed by atoms with Gasteiger partial charge in [-0.25, -0.2) is 4.98 Å². The van der Waals surface area contributed by atoms with E-state index in [0.717, 1.165) is 19.4 Å². The maximum absolute atomic E-state index is 14.9. The van der Waals surface area contributed by atoms with Gasteiger partial charge in [-0.2, -0.15) is 23.4 Å². The predicted octanol–water partition coefficient (Wildman–Crippen LogP) is 7.29. The van der Waals surface area contributed by atoms with E-state index in [-0.39, 0.29) is 59.3 Å². The zero-order chi connectivity index (χ0) is 29.0. The smallest absolute Gasteiger partial charge is 0.422 e. The molecular weight excluding hydrogens is 624 g/mol. The summed E-state index contributed by atoms with van der Waals surface area (Å²) in [7, 11) is 3.90. The van der Waals surface area contributed by atoms with E-state index in [1.54, 1.807) is 46.7 Å². The van der Waals surface area contributed by atoms with E-state index in [0.29, 0.717) is 23.7 Å². The van der Waals surface area contributed by atoms with Gasteiger partial charge in [0.25, 0.3) is 5.91 Å². The molecule has 0 bridgehead atoms. The number of hydrogen-bond acceptors (Lipinski definition) is 8. The fourth-order valence-electron chi connectivity index (χ4n) is 5.02. The van der Waals surface area contributed by atoms with Crippen molar-refractivity contribution in [1.82, 2.24) is 20.1 Å². The summed E-state index contributed by atoms with van der Waals surface area (Å²) in [5.74, 6) is -0.488. The number of rotatable bonds is 8. The molecule has 1 amide bonds. The Kier molecular flexibility index (Phi) is 11.7. The second-order valence-electron chi connectivity index (χ2n) is 10.1. The van der Waals surface area contributed by atoms with Gasteiger partial charge in [0.1, 0.15) is 27.8 Å². The van der Waals surface area contributed by atoms with Crippen molar-refractivity contribution >= 4 is 53.4 Å². The molecule has 2 aromatic heterocycles. The van der Waals surface area contributed by atoms with Crippen LogP contribution in [0.4, 0.5) is 24.5 Å². The molecule has 0 unspecified atom stereocenters. The Balaban J connectivity index is 0.00000253. The van der Waals surface area contributed by atoms with E-state index in [4.69, 9.17) is 4.74 Å². The van der Waals surface area contributed by atoms with Crippen LogP contribution in [0, 0.1) is 5.92 Å². The van der Waals surface area contributed by atoms with Crippen LogP contribution < -0.4 is 15.0 Å². The number of nitrogens with zero attached hydrogens (tertiary/aromatic N) is 5. The topological polar surface area (TPSA) is 83.5 Å². The van der Waals surface area contributed by atoms with Crippen molar-refractivity contribution in [3.05, 3.63) is 77.6 Å². The molecule has 2 aromatic carbocycles. The Morgan fingerprint density at radius 3 is 2.56 bits per heavy atom. The van der Waals surface area contributed by atoms with Crippen LogP contribution in [0.25, 0.3) is 10.6 Å². The summed E-state index contributed by atoms with van der Waals surface area (Å²) in [5.41, 5.74) is -0.196. The van der Waals surface area contributed by atoms with Crippen molar-refractivity contribution in [2.24, 2.45) is 5.92 Å². The van der Waals surface area contributed by atoms with Crippen molar-refractivity contribution in [2.75, 3.05) is 43.9 Å². The summed E-state index contributed by atoms with van der Waals surface area (Å²) < 4.78 is 50.3. The zero-order valence-corrected chi connectivity index (χ0v) is 25.8. The number of alkyl halides is 3. The predicted molar refractivity (Wildman–Crippen MR) is 167 cm³/mol. The average molecular weight is 656 g/mol. The normalized spacial score (nSPS) is 14.9. The average Bonchev–Trinajstić information content (AvgIpc) is 3.45. The first-order valence-corrected chi connectivity index (χ1v) is 14.0. The fraction of sp³-hybridized carbons (Fsp3) is 0.310. The third-order valence-corrected chi connectivity index (χ3v) is 7.56. The van der Waals surface area contributed by atoms with Crippen LogP contribution in [-0.4, -0.2) is 59.7 Å². The standard InChI is InChI=1S/C29H29F3N6O2S.2ClH/c1-37(2)16-19-7-6-14-38(17-19)26-22(35-27(39)23-18-41-28(36-23)20-12-13-33-34-15-20)10-11-24(25(26)29(30,31)32)40-21-8-4-3-5-9-21;;/h3-5,8-13,15,18-19H,6-7,14,16-17H2,1-2H3,(H,35,39);2*1H/t19-;;/m1../s1. The number of carbonyl (C=O) groups excluding carboxylic acids is 1. The van der Waals surface area contributed by atoms with Gasteiger partial charge in [-0.15, -0.1) is 36.2 Å². The molecule has 230 valence electrons. The van der Waals surface area contributed by atoms with Gasteiger partial charge in [-0.1, -0.05) is 18.2 Å². The molecule has 8 nitrogen and oxygen atoms in total. The molecule has 4 aromatic rings. The van der Waals surface area contributed by atoms with Crippen molar-refractivity contribution < 1.29 is 22.7 Å². The zero-order valence-electron chi connectivity index (χ0n) is 23.4. The van der Waals surface area contributed by atoms with E-state index >= 15 is 0 Å². The van der Waals surface area contributed by atoms with Crippen LogP contribution in [0.1, 0.15) is 28.9 Å². The largest absolute Gasteiger partial charge is 0.457 e. The number of para-hydroxylation sites is 1. The molecule has 5 rings (SSSR count). The Bertz CT molecular complexity index is 1490. The first-order chi connectivity index (χ1) is 19.7. The SMILES string of the molecule is CN(C)C[C@H]1CCCN(c2c(NC(=O)c3csc(-c4ccnnc4)n3)ccc(Oc3ccccc3)c2C(F)(F)F)C1.Cl.Cl. The van der Waals surface area contributed by atoms with E-state index in [1.807, 2.05) is 19.0 Å². The number of nitrogens with one attached hydrogen (secondary N) is 1. The minimum absolute atomic E-state index is 0. The van der Waals surface area contributed by atoms with Crippen molar-refractivity contribution in [3.63, 3.8) is 0 Å². The van der Waals surface area contributed by atoms with Gasteiger partial charge in [0.2, 0.25) is 0 Å². The number of aromatic nitrogens is 3. The second kappa shape index (κ2) is 14.8. The third-order valence-electron chi connectivity index (χ3n) is 6.67. The molecule has 1 aliphatic rings. The molecule has 0 saturated carbocycles. The highest BCUT2D eigenvalue weighted by atomic mass is 35.5. The molecule has 3 heterocycles. The van der Waals surface area contributed by atoms with Gasteiger partial charge in [-0.05, 0) is 63.2 Å². The van der Waals surface area contributed by atoms with Crippen LogP contribution in [0.3, 0.4) is 0 Å². The summed E-state index contributed by atoms with van der Waals surface area (Å²) in [6, 6.07) is 12.8. The number of hydrogen-bond donors (Lipinski definition) is 1. The third kappa shape index (κ3) is 8.35. The Labute approximate surface area is 264 Å². The van der Waals surface area contributed by atoms with Crippen molar-refractivity contribution in [1.29, 1.82) is 0 Å². The quantitative estimate of drug-likeness (QED) is 0.214. The Morgan fingerprint density at radius 2 is 1.88 bits per heavy atom. The van der Waals surface area contributed by atoms with Crippen LogP contribution in [0.5, 0.6) is 11.5 Å².